The molecule has 4 N–H and O–H groups in total. The first kappa shape index (κ1) is 23.0. The number of rotatable bonds is 8. The van der Waals surface area contributed by atoms with E-state index in [-0.39, 0.29) is 12.7 Å². The van der Waals surface area contributed by atoms with Crippen molar-refractivity contribution in [2.45, 2.75) is 39.3 Å². The van der Waals surface area contributed by atoms with Crippen molar-refractivity contribution in [3.63, 3.8) is 0 Å². The second kappa shape index (κ2) is 9.21. The highest BCUT2D eigenvalue weighted by atomic mass is 35.5. The van der Waals surface area contributed by atoms with E-state index in [4.69, 9.17) is 27.8 Å². The molecule has 0 saturated heterocycles. The number of halogens is 1. The molecule has 0 bridgehead atoms. The number of nitrogens with zero attached hydrogens (tertiary/aromatic N) is 3. The number of hydrogen-bond donors (Lipinski definition) is 2. The van der Waals surface area contributed by atoms with Gasteiger partial charge in [0.1, 0.15) is 6.73 Å². The van der Waals surface area contributed by atoms with Crippen LogP contribution in [-0.4, -0.2) is 35.1 Å². The van der Waals surface area contributed by atoms with Crippen molar-refractivity contribution in [2.75, 3.05) is 12.3 Å². The van der Waals surface area contributed by atoms with E-state index in [1.165, 1.54) is 0 Å². The van der Waals surface area contributed by atoms with E-state index in [0.717, 1.165) is 17.2 Å². The van der Waals surface area contributed by atoms with E-state index in [1.54, 1.807) is 18.3 Å². The van der Waals surface area contributed by atoms with Gasteiger partial charge in [-0.1, -0.05) is 37.3 Å². The average Bonchev–Trinajstić information content (AvgIpc) is 3.06. The van der Waals surface area contributed by atoms with Crippen LogP contribution in [-0.2, 0) is 11.5 Å². The van der Waals surface area contributed by atoms with Gasteiger partial charge in [-0.2, -0.15) is 0 Å². The zero-order valence-corrected chi connectivity index (χ0v) is 20.0. The lowest BCUT2D eigenvalue weighted by molar-refractivity contribution is 0.0893. The van der Waals surface area contributed by atoms with Gasteiger partial charge in [0, 0.05) is 31.5 Å². The van der Waals surface area contributed by atoms with Crippen molar-refractivity contribution in [2.24, 2.45) is 5.73 Å². The third-order valence-electron chi connectivity index (χ3n) is 4.97. The molecule has 164 valence electrons. The second-order valence-corrected chi connectivity index (χ2v) is 14.7. The van der Waals surface area contributed by atoms with Crippen molar-refractivity contribution >= 4 is 31.5 Å². The third-order valence-corrected chi connectivity index (χ3v) is 6.91. The molecule has 0 aliphatic carbocycles. The molecular weight excluding hydrogens is 430 g/mol. The van der Waals surface area contributed by atoms with Crippen LogP contribution in [0.25, 0.3) is 22.6 Å². The summed E-state index contributed by atoms with van der Waals surface area (Å²) in [5.74, 6) is -0.399. The Kier molecular flexibility index (Phi) is 6.83. The normalized spacial score (nSPS) is 11.6. The maximum atomic E-state index is 12.4. The Morgan fingerprint density at radius 1 is 1.23 bits per heavy atom. The standard InChI is InChI=1S/C22H28ClN5O2Si/c1-14-5-6-15(23)11-16(14)20-17(21(24)29)12-19(18-7-8-26-22(25)27-18)28(20)13-30-9-10-31(2,3)4/h5-8,11-12H,9-10,13H2,1-4H3,(H2,24,29)(H2,25,26,27). The van der Waals surface area contributed by atoms with E-state index < -0.39 is 14.0 Å². The number of anilines is 1. The molecule has 0 spiro atoms. The average molecular weight is 458 g/mol. The minimum absolute atomic E-state index is 0.144. The number of aryl methyl sites for hydroxylation is 1. The predicted octanol–water partition coefficient (Wildman–Crippen LogP) is 4.57. The molecule has 0 unspecified atom stereocenters. The van der Waals surface area contributed by atoms with Gasteiger partial charge in [-0.05, 0) is 42.8 Å². The van der Waals surface area contributed by atoms with Crippen molar-refractivity contribution in [3.8, 4) is 22.6 Å². The van der Waals surface area contributed by atoms with Gasteiger partial charge < -0.3 is 20.8 Å². The zero-order chi connectivity index (χ0) is 22.8. The van der Waals surface area contributed by atoms with Crippen LogP contribution in [0, 0.1) is 6.92 Å². The van der Waals surface area contributed by atoms with Crippen molar-refractivity contribution in [3.05, 3.63) is 52.7 Å². The van der Waals surface area contributed by atoms with Gasteiger partial charge in [-0.25, -0.2) is 9.97 Å². The number of aromatic nitrogens is 3. The molecule has 0 aliphatic heterocycles. The van der Waals surface area contributed by atoms with Crippen LogP contribution in [0.1, 0.15) is 15.9 Å². The topological polar surface area (TPSA) is 109 Å². The number of hydrogen-bond acceptors (Lipinski definition) is 5. The fourth-order valence-corrected chi connectivity index (χ4v) is 4.20. The van der Waals surface area contributed by atoms with E-state index in [2.05, 4.69) is 29.6 Å². The molecule has 2 heterocycles. The Balaban J connectivity index is 2.17. The number of primary amides is 1. The number of ether oxygens (including phenoxy) is 1. The Hall–Kier alpha value is -2.68. The maximum Gasteiger partial charge on any atom is 0.250 e. The molecule has 7 nitrogen and oxygen atoms in total. The Morgan fingerprint density at radius 2 is 1.97 bits per heavy atom. The maximum absolute atomic E-state index is 12.4. The molecule has 0 fully saturated rings. The Labute approximate surface area is 188 Å². The van der Waals surface area contributed by atoms with Crippen LogP contribution in [0.15, 0.2) is 36.5 Å². The summed E-state index contributed by atoms with van der Waals surface area (Å²) in [6, 6.07) is 10.0. The van der Waals surface area contributed by atoms with Gasteiger partial charge in [-0.15, -0.1) is 0 Å². The molecule has 0 radical (unpaired) electrons. The molecule has 1 amide bonds. The van der Waals surface area contributed by atoms with Crippen LogP contribution in [0.3, 0.4) is 0 Å². The molecule has 3 rings (SSSR count). The summed E-state index contributed by atoms with van der Waals surface area (Å²) in [4.78, 5) is 20.7. The predicted molar refractivity (Wildman–Crippen MR) is 128 cm³/mol. The molecule has 31 heavy (non-hydrogen) atoms. The number of benzene rings is 1. The second-order valence-electron chi connectivity index (χ2n) is 8.69. The summed E-state index contributed by atoms with van der Waals surface area (Å²) < 4.78 is 7.96. The van der Waals surface area contributed by atoms with Crippen molar-refractivity contribution in [1.82, 2.24) is 14.5 Å². The summed E-state index contributed by atoms with van der Waals surface area (Å²) in [6.07, 6.45) is 1.58. The van der Waals surface area contributed by atoms with Crippen molar-refractivity contribution in [1.29, 1.82) is 0 Å². The number of amides is 1. The first-order valence-corrected chi connectivity index (χ1v) is 14.1. The first-order chi connectivity index (χ1) is 14.6. The van der Waals surface area contributed by atoms with Crippen LogP contribution in [0.5, 0.6) is 0 Å². The highest BCUT2D eigenvalue weighted by molar-refractivity contribution is 6.76. The fourth-order valence-electron chi connectivity index (χ4n) is 3.27. The van der Waals surface area contributed by atoms with Gasteiger partial charge in [0.25, 0.3) is 5.91 Å². The summed E-state index contributed by atoms with van der Waals surface area (Å²) in [5, 5.41) is 0.566. The van der Waals surface area contributed by atoms with Crippen LogP contribution >= 0.6 is 11.6 Å². The lowest BCUT2D eigenvalue weighted by Crippen LogP contribution is -2.22. The van der Waals surface area contributed by atoms with Crippen molar-refractivity contribution < 1.29 is 9.53 Å². The molecule has 2 aromatic heterocycles. The largest absolute Gasteiger partial charge is 0.368 e. The molecule has 3 aromatic rings. The minimum atomic E-state index is -1.25. The van der Waals surface area contributed by atoms with Gasteiger partial charge in [0.2, 0.25) is 5.95 Å². The lowest BCUT2D eigenvalue weighted by atomic mass is 10.0. The number of carbonyl (C=O) groups excluding carboxylic acids is 1. The first-order valence-electron chi connectivity index (χ1n) is 10.0. The third kappa shape index (κ3) is 5.52. The zero-order valence-electron chi connectivity index (χ0n) is 18.3. The van der Waals surface area contributed by atoms with Gasteiger partial charge >= 0.3 is 0 Å². The van der Waals surface area contributed by atoms with E-state index in [9.17, 15) is 4.79 Å². The highest BCUT2D eigenvalue weighted by Gasteiger charge is 2.23. The number of nitrogen functional groups attached to an aromatic ring is 1. The monoisotopic (exact) mass is 457 g/mol. The Bertz CT molecular complexity index is 1110. The molecule has 9 heteroatoms. The lowest BCUT2D eigenvalue weighted by Gasteiger charge is -2.19. The summed E-state index contributed by atoms with van der Waals surface area (Å²) in [6.45, 7) is 9.72. The fraction of sp³-hybridized carbons (Fsp3) is 0.318. The van der Waals surface area contributed by atoms with Crippen LogP contribution < -0.4 is 11.5 Å². The van der Waals surface area contributed by atoms with Gasteiger partial charge in [-0.3, -0.25) is 4.79 Å². The van der Waals surface area contributed by atoms with Gasteiger partial charge in [0.15, 0.2) is 0 Å². The highest BCUT2D eigenvalue weighted by Crippen LogP contribution is 2.35. The van der Waals surface area contributed by atoms with E-state index >= 15 is 0 Å². The van der Waals surface area contributed by atoms with E-state index in [1.807, 2.05) is 29.7 Å². The smallest absolute Gasteiger partial charge is 0.250 e. The Morgan fingerprint density at radius 3 is 2.61 bits per heavy atom. The summed E-state index contributed by atoms with van der Waals surface area (Å²) in [5.41, 5.74) is 15.6. The molecule has 1 aromatic carbocycles. The minimum Gasteiger partial charge on any atom is -0.368 e. The molecule has 0 saturated carbocycles. The summed E-state index contributed by atoms with van der Waals surface area (Å²) >= 11 is 6.28. The van der Waals surface area contributed by atoms with Crippen LogP contribution in [0.2, 0.25) is 30.7 Å². The molecule has 0 aliphatic rings. The number of carbonyl (C=O) groups is 1. The van der Waals surface area contributed by atoms with Gasteiger partial charge in [0.05, 0.1) is 22.6 Å². The summed E-state index contributed by atoms with van der Waals surface area (Å²) in [7, 11) is -1.25. The van der Waals surface area contributed by atoms with Crippen LogP contribution in [0.4, 0.5) is 5.95 Å². The molecular formula is C22H28ClN5O2Si. The SMILES string of the molecule is Cc1ccc(Cl)cc1-c1c(C(N)=O)cc(-c2ccnc(N)n2)n1COCC[Si](C)(C)C. The van der Waals surface area contributed by atoms with E-state index in [0.29, 0.717) is 34.3 Å². The number of nitrogens with two attached hydrogens (primary N) is 2. The molecule has 0 atom stereocenters. The quantitative estimate of drug-likeness (QED) is 0.380.